The van der Waals surface area contributed by atoms with Crippen LogP contribution < -0.4 is 14.4 Å². The van der Waals surface area contributed by atoms with Gasteiger partial charge < -0.3 is 4.74 Å². The Morgan fingerprint density at radius 3 is 2.17 bits per heavy atom. The molecule has 1 aliphatic heterocycles. The van der Waals surface area contributed by atoms with Crippen LogP contribution in [-0.4, -0.2) is 40.0 Å². The van der Waals surface area contributed by atoms with E-state index in [9.17, 15) is 18.0 Å². The zero-order valence-corrected chi connectivity index (χ0v) is 19.8. The molecule has 1 N–H and O–H groups in total. The number of imidazole rings is 1. The van der Waals surface area contributed by atoms with E-state index in [1.54, 1.807) is 53.4 Å². The van der Waals surface area contributed by atoms with E-state index < -0.39 is 10.0 Å². The first-order chi connectivity index (χ1) is 17.3. The molecule has 0 spiro atoms. The van der Waals surface area contributed by atoms with Crippen molar-refractivity contribution in [1.82, 2.24) is 19.7 Å². The molecule has 2 amide bonds. The van der Waals surface area contributed by atoms with Gasteiger partial charge in [0.2, 0.25) is 17.7 Å². The second-order valence-corrected chi connectivity index (χ2v) is 9.61. The number of anilines is 2. The summed E-state index contributed by atoms with van der Waals surface area (Å²) in [6.07, 6.45) is 3.76. The molecule has 3 heterocycles. The van der Waals surface area contributed by atoms with Gasteiger partial charge in [-0.25, -0.2) is 13.4 Å². The first kappa shape index (κ1) is 23.2. The quantitative estimate of drug-likeness (QED) is 0.379. The van der Waals surface area contributed by atoms with Crippen LogP contribution in [0.1, 0.15) is 18.7 Å². The lowest BCUT2D eigenvalue weighted by molar-refractivity contribution is -0.121. The Labute approximate surface area is 206 Å². The van der Waals surface area contributed by atoms with Gasteiger partial charge >= 0.3 is 0 Å². The first-order valence-corrected chi connectivity index (χ1v) is 12.4. The van der Waals surface area contributed by atoms with Gasteiger partial charge in [0.1, 0.15) is 11.6 Å². The molecule has 0 radical (unpaired) electrons. The van der Waals surface area contributed by atoms with Crippen LogP contribution in [0.5, 0.6) is 11.6 Å². The standard InChI is InChI=1S/C24H20N6O5S/c1-16-25-14-15-29(16)21-10-11-22(27-26-21)35-19-6-2-17(3-7-19)28-36(33,34)20-8-4-18(5-9-20)30-23(31)12-13-24(30)32/h2-11,14-15,28H,12-13H2,1H3. The van der Waals surface area contributed by atoms with Gasteiger partial charge in [0, 0.05) is 37.0 Å². The first-order valence-electron chi connectivity index (χ1n) is 10.9. The molecule has 12 heteroatoms. The lowest BCUT2D eigenvalue weighted by atomic mass is 10.3. The number of hydrogen-bond donors (Lipinski definition) is 1. The highest BCUT2D eigenvalue weighted by molar-refractivity contribution is 7.92. The summed E-state index contributed by atoms with van der Waals surface area (Å²) in [6, 6.07) is 15.3. The molecule has 0 bridgehead atoms. The Balaban J connectivity index is 1.24. The number of nitrogens with one attached hydrogen (secondary N) is 1. The fourth-order valence-electron chi connectivity index (χ4n) is 3.68. The van der Waals surface area contributed by atoms with Gasteiger partial charge in [0.25, 0.3) is 10.0 Å². The van der Waals surface area contributed by atoms with Crippen molar-refractivity contribution in [2.45, 2.75) is 24.7 Å². The summed E-state index contributed by atoms with van der Waals surface area (Å²) in [5.74, 6) is 1.51. The third-order valence-electron chi connectivity index (χ3n) is 5.48. The number of rotatable bonds is 7. The van der Waals surface area contributed by atoms with E-state index in [-0.39, 0.29) is 35.4 Å². The lowest BCUT2D eigenvalue weighted by Crippen LogP contribution is -2.28. The highest BCUT2D eigenvalue weighted by Crippen LogP contribution is 2.26. The van der Waals surface area contributed by atoms with E-state index >= 15 is 0 Å². The van der Waals surface area contributed by atoms with Gasteiger partial charge in [-0.3, -0.25) is 23.8 Å². The molecule has 2 aromatic heterocycles. The third-order valence-corrected chi connectivity index (χ3v) is 6.88. The van der Waals surface area contributed by atoms with E-state index in [1.165, 1.54) is 24.3 Å². The summed E-state index contributed by atoms with van der Waals surface area (Å²) >= 11 is 0. The second-order valence-electron chi connectivity index (χ2n) is 7.92. The van der Waals surface area contributed by atoms with Gasteiger partial charge in [-0.15, -0.1) is 10.2 Å². The van der Waals surface area contributed by atoms with Gasteiger partial charge in [-0.05, 0) is 61.5 Å². The van der Waals surface area contributed by atoms with E-state index in [4.69, 9.17) is 4.74 Å². The molecule has 4 aromatic rings. The van der Waals surface area contributed by atoms with Crippen molar-refractivity contribution >= 4 is 33.2 Å². The van der Waals surface area contributed by atoms with Crippen molar-refractivity contribution in [3.05, 3.63) is 78.9 Å². The number of amides is 2. The number of aryl methyl sites for hydroxylation is 1. The molecular weight excluding hydrogens is 484 g/mol. The number of hydrogen-bond acceptors (Lipinski definition) is 8. The smallest absolute Gasteiger partial charge is 0.261 e. The molecule has 11 nitrogen and oxygen atoms in total. The maximum Gasteiger partial charge on any atom is 0.261 e. The highest BCUT2D eigenvalue weighted by Gasteiger charge is 2.30. The van der Waals surface area contributed by atoms with Crippen LogP contribution in [0.2, 0.25) is 0 Å². The summed E-state index contributed by atoms with van der Waals surface area (Å²) in [6.45, 7) is 1.86. The van der Waals surface area contributed by atoms with Crippen molar-refractivity contribution in [3.8, 4) is 17.4 Å². The number of aromatic nitrogens is 4. The minimum absolute atomic E-state index is 0.00540. The summed E-state index contributed by atoms with van der Waals surface area (Å²) in [5, 5.41) is 8.19. The molecule has 1 aliphatic rings. The van der Waals surface area contributed by atoms with Gasteiger partial charge in [-0.2, -0.15) is 0 Å². The minimum atomic E-state index is -3.89. The van der Waals surface area contributed by atoms with Crippen LogP contribution in [0.3, 0.4) is 0 Å². The Kier molecular flexibility index (Phi) is 5.94. The summed E-state index contributed by atoms with van der Waals surface area (Å²) in [5.41, 5.74) is 0.674. The topological polar surface area (TPSA) is 136 Å². The summed E-state index contributed by atoms with van der Waals surface area (Å²) in [4.78, 5) is 29.0. The number of imide groups is 1. The average Bonchev–Trinajstić information content (AvgIpc) is 3.45. The number of sulfonamides is 1. The zero-order chi connectivity index (χ0) is 25.3. The lowest BCUT2D eigenvalue weighted by Gasteiger charge is -2.14. The predicted octanol–water partition coefficient (Wildman–Crippen LogP) is 3.22. The van der Waals surface area contributed by atoms with Crippen molar-refractivity contribution in [3.63, 3.8) is 0 Å². The third kappa shape index (κ3) is 4.66. The van der Waals surface area contributed by atoms with E-state index in [0.717, 1.165) is 10.7 Å². The van der Waals surface area contributed by atoms with Crippen LogP contribution in [0.4, 0.5) is 11.4 Å². The normalized spacial score (nSPS) is 13.8. The number of benzene rings is 2. The maximum absolute atomic E-state index is 12.8. The molecule has 5 rings (SSSR count). The Hall–Kier alpha value is -4.58. The SMILES string of the molecule is Cc1nccn1-c1ccc(Oc2ccc(NS(=O)(=O)c3ccc(N4C(=O)CCC4=O)cc3)cc2)nn1. The summed E-state index contributed by atoms with van der Waals surface area (Å²) in [7, 11) is -3.89. The number of nitrogens with zero attached hydrogens (tertiary/aromatic N) is 5. The number of carbonyl (C=O) groups excluding carboxylic acids is 2. The van der Waals surface area contributed by atoms with Crippen molar-refractivity contribution in [1.29, 1.82) is 0 Å². The monoisotopic (exact) mass is 504 g/mol. The second kappa shape index (κ2) is 9.23. The van der Waals surface area contributed by atoms with Gasteiger partial charge in [-0.1, -0.05) is 0 Å². The molecule has 0 unspecified atom stereocenters. The van der Waals surface area contributed by atoms with Crippen LogP contribution in [0.25, 0.3) is 5.82 Å². The summed E-state index contributed by atoms with van der Waals surface area (Å²) < 4.78 is 35.5. The van der Waals surface area contributed by atoms with Crippen LogP contribution in [-0.2, 0) is 19.6 Å². The molecule has 0 saturated carbocycles. The fraction of sp³-hybridized carbons (Fsp3) is 0.125. The van der Waals surface area contributed by atoms with Crippen molar-refractivity contribution < 1.29 is 22.7 Å². The average molecular weight is 505 g/mol. The zero-order valence-electron chi connectivity index (χ0n) is 19.0. The predicted molar refractivity (Wildman–Crippen MR) is 129 cm³/mol. The molecule has 182 valence electrons. The Morgan fingerprint density at radius 2 is 1.58 bits per heavy atom. The van der Waals surface area contributed by atoms with Crippen molar-refractivity contribution in [2.24, 2.45) is 0 Å². The van der Waals surface area contributed by atoms with Crippen LogP contribution in [0.15, 0.2) is 78.0 Å². The molecule has 1 saturated heterocycles. The molecule has 0 aliphatic carbocycles. The fourth-order valence-corrected chi connectivity index (χ4v) is 4.74. The number of carbonyl (C=O) groups is 2. The highest BCUT2D eigenvalue weighted by atomic mass is 32.2. The van der Waals surface area contributed by atoms with Gasteiger partial charge in [0.15, 0.2) is 5.82 Å². The number of ether oxygens (including phenoxy) is 1. The van der Waals surface area contributed by atoms with E-state index in [1.807, 2.05) is 6.92 Å². The van der Waals surface area contributed by atoms with E-state index in [0.29, 0.717) is 22.9 Å². The molecular formula is C24H20N6O5S. The van der Waals surface area contributed by atoms with Gasteiger partial charge in [0.05, 0.1) is 10.6 Å². The van der Waals surface area contributed by atoms with Crippen LogP contribution >= 0.6 is 0 Å². The molecule has 36 heavy (non-hydrogen) atoms. The maximum atomic E-state index is 12.8. The minimum Gasteiger partial charge on any atom is -0.438 e. The largest absolute Gasteiger partial charge is 0.438 e. The van der Waals surface area contributed by atoms with Crippen molar-refractivity contribution in [2.75, 3.05) is 9.62 Å². The molecule has 2 aromatic carbocycles. The Morgan fingerprint density at radius 1 is 0.889 bits per heavy atom. The molecule has 0 atom stereocenters. The van der Waals surface area contributed by atoms with Crippen LogP contribution in [0, 0.1) is 6.92 Å². The molecule has 1 fully saturated rings. The van der Waals surface area contributed by atoms with E-state index in [2.05, 4.69) is 19.9 Å². The Bertz CT molecular complexity index is 1520.